The third kappa shape index (κ3) is 3.75. The van der Waals surface area contributed by atoms with E-state index in [1.165, 1.54) is 16.8 Å². The number of hydrogen-bond acceptors (Lipinski definition) is 7. The van der Waals surface area contributed by atoms with E-state index in [0.29, 0.717) is 11.7 Å². The van der Waals surface area contributed by atoms with Crippen molar-refractivity contribution in [3.63, 3.8) is 0 Å². The Bertz CT molecular complexity index is 2190. The van der Waals surface area contributed by atoms with Crippen LogP contribution in [0.1, 0.15) is 28.2 Å². The minimum atomic E-state index is -1.41. The van der Waals surface area contributed by atoms with Gasteiger partial charge in [-0.15, -0.1) is 0 Å². The Morgan fingerprint density at radius 2 is 1.39 bits per heavy atom. The summed E-state index contributed by atoms with van der Waals surface area (Å²) in [6.07, 6.45) is 0. The number of hydrazine groups is 1. The predicted molar refractivity (Wildman–Crippen MR) is 204 cm³/mol. The molecule has 4 aromatic carbocycles. The minimum Gasteiger partial charge on any atom is -0.313 e. The first kappa shape index (κ1) is 32.9. The lowest BCUT2D eigenvalue weighted by molar-refractivity contribution is -0.145. The maximum atomic E-state index is 16.0. The van der Waals surface area contributed by atoms with Gasteiger partial charge in [0.15, 0.2) is 16.4 Å². The van der Waals surface area contributed by atoms with Crippen molar-refractivity contribution in [2.45, 2.75) is 27.5 Å². The summed E-state index contributed by atoms with van der Waals surface area (Å²) >= 11 is 8.59. The highest BCUT2D eigenvalue weighted by Crippen LogP contribution is 2.68. The molecule has 5 aliphatic rings. The zero-order valence-corrected chi connectivity index (χ0v) is 32.2. The monoisotopic (exact) mass is 825 g/mol. The Morgan fingerprint density at radius 1 is 0.765 bits per heavy atom. The second kappa shape index (κ2) is 11.0. The number of carbonyl (C=O) groups excluding carboxylic acids is 3. The average molecular weight is 828 g/mol. The summed E-state index contributed by atoms with van der Waals surface area (Å²) in [5.74, 6) is -0.910. The van der Waals surface area contributed by atoms with Gasteiger partial charge in [0, 0.05) is 59.4 Å². The molecular weight excluding hydrogens is 794 g/mol. The average Bonchev–Trinajstić information content (AvgIpc) is 3.72. The van der Waals surface area contributed by atoms with Gasteiger partial charge in [0.25, 0.3) is 11.8 Å². The van der Waals surface area contributed by atoms with E-state index in [0.717, 1.165) is 36.9 Å². The number of likely N-dealkylation sites (tertiary alicyclic amines) is 1. The number of carbonyl (C=O) groups is 3. The third-order valence-electron chi connectivity index (χ3n) is 11.6. The molecule has 4 amide bonds. The lowest BCUT2D eigenvalue weighted by atomic mass is 9.72. The smallest absolute Gasteiger partial charge is 0.313 e. The van der Waals surface area contributed by atoms with Crippen molar-refractivity contribution in [3.8, 4) is 0 Å². The molecule has 5 aliphatic heterocycles. The number of amidine groups is 1. The number of nitrogens with one attached hydrogen (secondary N) is 1. The van der Waals surface area contributed by atoms with Crippen molar-refractivity contribution in [2.75, 3.05) is 39.6 Å². The van der Waals surface area contributed by atoms with Gasteiger partial charge in [0.1, 0.15) is 4.75 Å². The van der Waals surface area contributed by atoms with Gasteiger partial charge in [-0.25, -0.2) is 14.8 Å². The lowest BCUT2D eigenvalue weighted by Gasteiger charge is -2.51. The first-order valence-electron chi connectivity index (χ1n) is 16.6. The number of nitrogens with zero attached hydrogens (tertiary/aromatic N) is 6. The van der Waals surface area contributed by atoms with Crippen LogP contribution in [-0.4, -0.2) is 82.2 Å². The van der Waals surface area contributed by atoms with Crippen LogP contribution < -0.4 is 10.3 Å². The molecule has 0 aliphatic carbocycles. The molecule has 5 atom stereocenters. The van der Waals surface area contributed by atoms with Crippen molar-refractivity contribution in [3.05, 3.63) is 134 Å². The second-order valence-corrected chi connectivity index (χ2v) is 16.8. The maximum absolute atomic E-state index is 16.0. The molecule has 3 unspecified atom stereocenters. The summed E-state index contributed by atoms with van der Waals surface area (Å²) in [6, 6.07) is 33.0. The molecule has 258 valence electrons. The van der Waals surface area contributed by atoms with Gasteiger partial charge in [-0.05, 0) is 48.5 Å². The zero-order valence-electron chi connectivity index (χ0n) is 28.2. The summed E-state index contributed by atoms with van der Waals surface area (Å²) < 4.78 is 0.318. The topological polar surface area (TPSA) is 91.8 Å². The van der Waals surface area contributed by atoms with Gasteiger partial charge in [-0.2, -0.15) is 5.43 Å². The van der Waals surface area contributed by atoms with Gasteiger partial charge in [-0.1, -0.05) is 116 Å². The lowest BCUT2D eigenvalue weighted by Crippen LogP contribution is -2.72. The molecule has 0 bridgehead atoms. The molecule has 51 heavy (non-hydrogen) atoms. The molecule has 13 heteroatoms. The van der Waals surface area contributed by atoms with Gasteiger partial charge in [0.2, 0.25) is 5.66 Å². The van der Waals surface area contributed by atoms with Gasteiger partial charge in [-0.3, -0.25) is 24.3 Å². The summed E-state index contributed by atoms with van der Waals surface area (Å²) in [4.78, 5) is 57.9. The standard InChI is InChI=1S/C38H33Br2N7O3S/c1-43-22-29(23-15-17-26(39)18-16-23)36(35(43)28-21-27(40)19-20-30(28)44(2)31(35)48)32(49)47-33(51-36)41-37(24-11-7-5-8-12-24)38(42-47,25-13-9-6-10-14-25)46(4)34(50)45(37)3/h5-21,29,42H,22H2,1-4H3/t29?,35?,36?,37-,38+/m1/s1. The van der Waals surface area contributed by atoms with Gasteiger partial charge in [0.05, 0.1) is 0 Å². The number of rotatable bonds is 3. The molecule has 10 nitrogen and oxygen atoms in total. The van der Waals surface area contributed by atoms with Crippen LogP contribution in [0.2, 0.25) is 0 Å². The van der Waals surface area contributed by atoms with Crippen LogP contribution in [0.25, 0.3) is 0 Å². The van der Waals surface area contributed by atoms with E-state index in [1.807, 2.05) is 110 Å². The fraction of sp³-hybridized carbons (Fsp3) is 0.263. The number of urea groups is 1. The van der Waals surface area contributed by atoms with E-state index in [1.54, 1.807) is 35.8 Å². The SMILES string of the molecule is CN1C(=O)C2(c3cc(Br)ccc31)N(C)CC(c1ccc(Br)cc1)C21SC2=N[C@]3(c4ccccc4)N(C)C(=O)N(C)[C@]3(c3ccccc3)NN2C1=O. The van der Waals surface area contributed by atoms with Crippen molar-refractivity contribution >= 4 is 72.3 Å². The molecule has 2 spiro atoms. The molecule has 0 saturated carbocycles. The summed E-state index contributed by atoms with van der Waals surface area (Å²) in [5.41, 5.74) is 3.54. The minimum absolute atomic E-state index is 0.181. The molecule has 4 aromatic rings. The zero-order chi connectivity index (χ0) is 35.7. The van der Waals surface area contributed by atoms with Crippen molar-refractivity contribution in [2.24, 2.45) is 4.99 Å². The fourth-order valence-corrected chi connectivity index (χ4v) is 11.7. The van der Waals surface area contributed by atoms with Crippen molar-refractivity contribution in [1.29, 1.82) is 0 Å². The van der Waals surface area contributed by atoms with Crippen LogP contribution >= 0.6 is 43.6 Å². The Hall–Kier alpha value is -4.01. The number of hydrogen-bond donors (Lipinski definition) is 1. The van der Waals surface area contributed by atoms with Crippen LogP contribution in [0.15, 0.2) is 117 Å². The predicted octanol–water partition coefficient (Wildman–Crippen LogP) is 6.00. The summed E-state index contributed by atoms with van der Waals surface area (Å²) in [6.45, 7) is 0.430. The number of thioether (sulfide) groups is 1. The van der Waals surface area contributed by atoms with E-state index >= 15 is 9.59 Å². The maximum Gasteiger partial charge on any atom is 0.323 e. The van der Waals surface area contributed by atoms with Crippen LogP contribution in [0.3, 0.4) is 0 Å². The highest BCUT2D eigenvalue weighted by atomic mass is 79.9. The van der Waals surface area contributed by atoms with E-state index in [4.69, 9.17) is 4.99 Å². The highest BCUT2D eigenvalue weighted by Gasteiger charge is 2.81. The number of amides is 4. The van der Waals surface area contributed by atoms with E-state index in [2.05, 4.69) is 42.2 Å². The fourth-order valence-electron chi connectivity index (χ4n) is 9.37. The highest BCUT2D eigenvalue weighted by molar-refractivity contribution is 9.10. The number of fused-ring (bicyclic) bond motifs is 5. The third-order valence-corrected chi connectivity index (χ3v) is 14.1. The Kier molecular flexibility index (Phi) is 7.09. The first-order valence-corrected chi connectivity index (χ1v) is 19.0. The van der Waals surface area contributed by atoms with Crippen LogP contribution in [-0.2, 0) is 26.5 Å². The number of benzene rings is 4. The first-order chi connectivity index (χ1) is 24.5. The molecule has 3 saturated heterocycles. The number of aliphatic imine (C=N–C) groups is 1. The second-order valence-electron chi connectivity index (χ2n) is 13.7. The van der Waals surface area contributed by atoms with E-state index in [-0.39, 0.29) is 17.8 Å². The van der Waals surface area contributed by atoms with Gasteiger partial charge < -0.3 is 4.90 Å². The van der Waals surface area contributed by atoms with Crippen molar-refractivity contribution < 1.29 is 14.4 Å². The molecular formula is C38H33Br2N7O3S. The normalized spacial score (nSPS) is 31.2. The quantitative estimate of drug-likeness (QED) is 0.273. The van der Waals surface area contributed by atoms with Crippen LogP contribution in [0.5, 0.6) is 0 Å². The Balaban J connectivity index is 1.36. The summed E-state index contributed by atoms with van der Waals surface area (Å²) in [5, 5.41) is 1.92. The molecule has 9 rings (SSSR count). The number of likely N-dealkylation sites (N-methyl/N-ethyl adjacent to an activating group) is 4. The van der Waals surface area contributed by atoms with Crippen LogP contribution in [0.4, 0.5) is 10.5 Å². The van der Waals surface area contributed by atoms with E-state index in [9.17, 15) is 4.79 Å². The van der Waals surface area contributed by atoms with Gasteiger partial charge >= 0.3 is 6.03 Å². The Labute approximate surface area is 316 Å². The number of anilines is 1. The van der Waals surface area contributed by atoms with Crippen LogP contribution in [0, 0.1) is 0 Å². The molecule has 3 fully saturated rings. The molecule has 1 N–H and O–H groups in total. The molecule has 0 aromatic heterocycles. The van der Waals surface area contributed by atoms with E-state index < -0.39 is 27.5 Å². The molecule has 0 radical (unpaired) electrons. The van der Waals surface area contributed by atoms with Crippen molar-refractivity contribution in [1.82, 2.24) is 25.1 Å². The summed E-state index contributed by atoms with van der Waals surface area (Å²) in [7, 11) is 7.22. The molecule has 5 heterocycles. The largest absolute Gasteiger partial charge is 0.323 e. The number of halogens is 2. The Morgan fingerprint density at radius 3 is 2.06 bits per heavy atom.